The van der Waals surface area contributed by atoms with Crippen molar-refractivity contribution in [2.75, 3.05) is 13.7 Å². The molecular weight excluding hydrogens is 384 g/mol. The highest BCUT2D eigenvalue weighted by molar-refractivity contribution is 5.98. The van der Waals surface area contributed by atoms with Gasteiger partial charge < -0.3 is 19.3 Å². The number of rotatable bonds is 10. The number of phenols is 1. The Balaban J connectivity index is 0.00000218. The molecule has 6 heteroatoms. The summed E-state index contributed by atoms with van der Waals surface area (Å²) in [6.45, 7) is 10.5. The van der Waals surface area contributed by atoms with Crippen LogP contribution in [0.15, 0.2) is 11.6 Å². The third kappa shape index (κ3) is 6.51. The maximum absolute atomic E-state index is 11.9. The summed E-state index contributed by atoms with van der Waals surface area (Å²) in [6.07, 6.45) is 6.30. The van der Waals surface area contributed by atoms with Gasteiger partial charge in [0.15, 0.2) is 0 Å². The lowest BCUT2D eigenvalue weighted by Crippen LogP contribution is -2.06. The third-order valence-corrected chi connectivity index (χ3v) is 5.04. The molecule has 168 valence electrons. The topological polar surface area (TPSA) is 82.1 Å². The van der Waals surface area contributed by atoms with Crippen LogP contribution < -0.4 is 4.74 Å². The van der Waals surface area contributed by atoms with E-state index in [1.165, 1.54) is 0 Å². The number of esters is 2. The molecule has 1 aromatic rings. The number of unbranched alkanes of at least 4 members (excludes halogenated alkanes) is 2. The highest BCUT2D eigenvalue weighted by Gasteiger charge is 2.31. The standard InChI is InChI=1S/C22H30O6.C2H6/c1-5-6-7-12-27-18(23)11-9-14(2)8-10-16-20(24)19-17(13-28-22(19)25)15(3)21(16)26-4;1-2/h8,24H,5-7,9-13H2,1-4H3;1-2H3/b14-8+;. The van der Waals surface area contributed by atoms with Gasteiger partial charge in [0.25, 0.3) is 0 Å². The zero-order valence-electron chi connectivity index (χ0n) is 19.2. The number of fused-ring (bicyclic) bond motifs is 1. The largest absolute Gasteiger partial charge is 0.507 e. The van der Waals surface area contributed by atoms with Crippen molar-refractivity contribution in [1.29, 1.82) is 0 Å². The predicted molar refractivity (Wildman–Crippen MR) is 117 cm³/mol. The van der Waals surface area contributed by atoms with Gasteiger partial charge >= 0.3 is 11.9 Å². The van der Waals surface area contributed by atoms with Gasteiger partial charge in [0.05, 0.1) is 13.7 Å². The lowest BCUT2D eigenvalue weighted by atomic mass is 9.94. The molecule has 0 atom stereocenters. The van der Waals surface area contributed by atoms with E-state index in [4.69, 9.17) is 14.2 Å². The van der Waals surface area contributed by atoms with Crippen LogP contribution in [0.4, 0.5) is 0 Å². The number of hydrogen-bond donors (Lipinski definition) is 1. The molecule has 1 heterocycles. The minimum atomic E-state index is -0.508. The van der Waals surface area contributed by atoms with Crippen molar-refractivity contribution in [3.63, 3.8) is 0 Å². The second-order valence-electron chi connectivity index (χ2n) is 7.10. The van der Waals surface area contributed by atoms with Crippen LogP contribution in [0.3, 0.4) is 0 Å². The minimum Gasteiger partial charge on any atom is -0.507 e. The molecule has 1 aliphatic heterocycles. The number of phenolic OH excluding ortho intramolecular Hbond substituents is 1. The molecule has 0 bridgehead atoms. The molecule has 0 amide bonds. The monoisotopic (exact) mass is 420 g/mol. The summed E-state index contributed by atoms with van der Waals surface area (Å²) in [5.74, 6) is -0.223. The third-order valence-electron chi connectivity index (χ3n) is 5.04. The number of benzene rings is 1. The van der Waals surface area contributed by atoms with E-state index in [-0.39, 0.29) is 23.9 Å². The summed E-state index contributed by atoms with van der Waals surface area (Å²) in [4.78, 5) is 23.7. The van der Waals surface area contributed by atoms with Crippen LogP contribution >= 0.6 is 0 Å². The van der Waals surface area contributed by atoms with Gasteiger partial charge in [-0.1, -0.05) is 45.3 Å². The van der Waals surface area contributed by atoms with Gasteiger partial charge in [0.1, 0.15) is 23.7 Å². The maximum atomic E-state index is 11.9. The van der Waals surface area contributed by atoms with E-state index in [2.05, 4.69) is 6.92 Å². The Bertz CT molecular complexity index is 764. The molecule has 0 unspecified atom stereocenters. The molecule has 6 nitrogen and oxygen atoms in total. The second-order valence-corrected chi connectivity index (χ2v) is 7.10. The number of allylic oxidation sites excluding steroid dienone is 2. The smallest absolute Gasteiger partial charge is 0.342 e. The van der Waals surface area contributed by atoms with E-state index in [0.717, 1.165) is 30.4 Å². The second kappa shape index (κ2) is 12.9. The van der Waals surface area contributed by atoms with E-state index >= 15 is 0 Å². The number of methoxy groups -OCH3 is 1. The van der Waals surface area contributed by atoms with Gasteiger partial charge in [0.2, 0.25) is 0 Å². The summed E-state index contributed by atoms with van der Waals surface area (Å²) < 4.78 is 15.8. The first-order valence-corrected chi connectivity index (χ1v) is 10.8. The molecule has 0 aliphatic carbocycles. The first-order chi connectivity index (χ1) is 14.4. The molecule has 30 heavy (non-hydrogen) atoms. The number of carbonyl (C=O) groups is 2. The van der Waals surface area contributed by atoms with Gasteiger partial charge in [-0.2, -0.15) is 0 Å². The number of cyclic esters (lactones) is 1. The summed E-state index contributed by atoms with van der Waals surface area (Å²) in [7, 11) is 1.54. The molecule has 0 fully saturated rings. The Labute approximate surface area is 180 Å². The minimum absolute atomic E-state index is 0.0840. The fraction of sp³-hybridized carbons (Fsp3) is 0.583. The summed E-state index contributed by atoms with van der Waals surface area (Å²) in [5, 5.41) is 10.6. The molecule has 0 saturated carbocycles. The van der Waals surface area contributed by atoms with Crippen LogP contribution in [-0.2, 0) is 27.3 Å². The van der Waals surface area contributed by atoms with Crippen LogP contribution in [0.1, 0.15) is 86.8 Å². The summed E-state index contributed by atoms with van der Waals surface area (Å²) in [5.41, 5.74) is 3.27. The Morgan fingerprint density at radius 1 is 1.23 bits per heavy atom. The van der Waals surface area contributed by atoms with Crippen molar-refractivity contribution in [3.8, 4) is 11.5 Å². The Kier molecular flexibility index (Phi) is 11.0. The van der Waals surface area contributed by atoms with Gasteiger partial charge in [0, 0.05) is 17.5 Å². The number of carbonyl (C=O) groups excluding carboxylic acids is 2. The van der Waals surface area contributed by atoms with E-state index in [1.54, 1.807) is 7.11 Å². The zero-order valence-corrected chi connectivity index (χ0v) is 19.2. The maximum Gasteiger partial charge on any atom is 0.342 e. The quantitative estimate of drug-likeness (QED) is 0.310. The van der Waals surface area contributed by atoms with Gasteiger partial charge in [-0.25, -0.2) is 4.79 Å². The fourth-order valence-electron chi connectivity index (χ4n) is 3.32. The number of aromatic hydroxyl groups is 1. The van der Waals surface area contributed by atoms with Crippen LogP contribution in [0.2, 0.25) is 0 Å². The Morgan fingerprint density at radius 3 is 2.57 bits per heavy atom. The highest BCUT2D eigenvalue weighted by atomic mass is 16.5. The van der Waals surface area contributed by atoms with E-state index in [1.807, 2.05) is 33.8 Å². The van der Waals surface area contributed by atoms with Crippen molar-refractivity contribution >= 4 is 11.9 Å². The van der Waals surface area contributed by atoms with Crippen LogP contribution in [0.25, 0.3) is 0 Å². The molecule has 0 spiro atoms. The Morgan fingerprint density at radius 2 is 1.93 bits per heavy atom. The van der Waals surface area contributed by atoms with Crippen LogP contribution in [0, 0.1) is 6.92 Å². The van der Waals surface area contributed by atoms with Gasteiger partial charge in [-0.15, -0.1) is 0 Å². The zero-order chi connectivity index (χ0) is 22.7. The lowest BCUT2D eigenvalue weighted by Gasteiger charge is -2.15. The fourth-order valence-corrected chi connectivity index (χ4v) is 3.32. The molecule has 2 rings (SSSR count). The number of ether oxygens (including phenoxy) is 3. The SMILES string of the molecule is CC.CCCCCOC(=O)CC/C(C)=C/Cc1c(O)c2c(c(C)c1OC)COC2=O. The predicted octanol–water partition coefficient (Wildman–Crippen LogP) is 5.41. The lowest BCUT2D eigenvalue weighted by molar-refractivity contribution is -0.143. The summed E-state index contributed by atoms with van der Waals surface area (Å²) in [6, 6.07) is 0. The van der Waals surface area contributed by atoms with E-state index < -0.39 is 5.97 Å². The first-order valence-electron chi connectivity index (χ1n) is 10.8. The van der Waals surface area contributed by atoms with Crippen LogP contribution in [0.5, 0.6) is 11.5 Å². The molecule has 0 saturated heterocycles. The van der Waals surface area contributed by atoms with Crippen molar-refractivity contribution in [2.45, 2.75) is 79.8 Å². The molecule has 1 N–H and O–H groups in total. The van der Waals surface area contributed by atoms with Gasteiger partial charge in [-0.05, 0) is 38.7 Å². The summed E-state index contributed by atoms with van der Waals surface area (Å²) >= 11 is 0. The highest BCUT2D eigenvalue weighted by Crippen LogP contribution is 2.42. The molecule has 1 aromatic carbocycles. The normalized spacial score (nSPS) is 12.6. The van der Waals surface area contributed by atoms with E-state index in [9.17, 15) is 14.7 Å². The van der Waals surface area contributed by atoms with Crippen molar-refractivity contribution in [1.82, 2.24) is 0 Å². The van der Waals surface area contributed by atoms with Crippen molar-refractivity contribution < 1.29 is 28.9 Å². The number of hydrogen-bond acceptors (Lipinski definition) is 6. The molecule has 1 aliphatic rings. The average molecular weight is 421 g/mol. The molecule has 0 aromatic heterocycles. The molecular formula is C24H36O6. The first kappa shape index (κ1) is 25.5. The van der Waals surface area contributed by atoms with Crippen LogP contribution in [-0.4, -0.2) is 30.8 Å². The average Bonchev–Trinajstić information content (AvgIpc) is 3.14. The van der Waals surface area contributed by atoms with E-state index in [0.29, 0.717) is 42.7 Å². The van der Waals surface area contributed by atoms with Gasteiger partial charge in [-0.3, -0.25) is 4.79 Å². The molecule has 0 radical (unpaired) electrons. The van der Waals surface area contributed by atoms with Crippen molar-refractivity contribution in [2.24, 2.45) is 0 Å². The Hall–Kier alpha value is -2.50. The van der Waals surface area contributed by atoms with Crippen molar-refractivity contribution in [3.05, 3.63) is 33.9 Å².